The van der Waals surface area contributed by atoms with Crippen molar-refractivity contribution in [2.45, 2.75) is 23.8 Å². The number of likely N-dealkylation sites (tertiary alicyclic amines) is 1. The van der Waals surface area contributed by atoms with Gasteiger partial charge in [0.05, 0.1) is 10.5 Å². The second-order valence-electron chi connectivity index (χ2n) is 6.67. The molecule has 1 aliphatic heterocycles. The van der Waals surface area contributed by atoms with Crippen LogP contribution in [0.3, 0.4) is 0 Å². The normalized spacial score (nSPS) is 15.4. The van der Waals surface area contributed by atoms with E-state index in [1.54, 1.807) is 35.2 Å². The van der Waals surface area contributed by atoms with Gasteiger partial charge in [-0.15, -0.1) is 0 Å². The van der Waals surface area contributed by atoms with Gasteiger partial charge in [0.15, 0.2) is 9.84 Å². The highest BCUT2D eigenvalue weighted by atomic mass is 32.2. The molecule has 1 saturated heterocycles. The Labute approximate surface area is 159 Å². The van der Waals surface area contributed by atoms with Gasteiger partial charge >= 0.3 is 0 Å². The lowest BCUT2D eigenvalue weighted by Gasteiger charge is -2.32. The summed E-state index contributed by atoms with van der Waals surface area (Å²) in [5.74, 6) is -0.411. The fourth-order valence-corrected chi connectivity index (χ4v) is 4.10. The van der Waals surface area contributed by atoms with Crippen LogP contribution in [0.5, 0.6) is 0 Å². The van der Waals surface area contributed by atoms with E-state index in [9.17, 15) is 18.0 Å². The molecule has 7 heteroatoms. The molecule has 0 atom stereocenters. The van der Waals surface area contributed by atoms with Gasteiger partial charge in [-0.3, -0.25) is 9.59 Å². The summed E-state index contributed by atoms with van der Waals surface area (Å²) in [6.07, 6.45) is 2.36. The minimum absolute atomic E-state index is 0.00749. The summed E-state index contributed by atoms with van der Waals surface area (Å²) < 4.78 is 23.9. The molecular formula is C20H22N2O4S. The van der Waals surface area contributed by atoms with E-state index in [0.29, 0.717) is 31.5 Å². The second-order valence-corrected chi connectivity index (χ2v) is 8.66. The minimum atomic E-state index is -3.48. The largest absolute Gasteiger partial charge is 0.349 e. The van der Waals surface area contributed by atoms with E-state index < -0.39 is 9.84 Å². The fourth-order valence-electron chi connectivity index (χ4n) is 3.22. The predicted octanol–water partition coefficient (Wildman–Crippen LogP) is 2.12. The highest BCUT2D eigenvalue weighted by Crippen LogP contribution is 2.20. The SMILES string of the molecule is CS(=O)(=O)c1ccccc1C(=O)N1CCC(NC(=O)c2ccccc2)CC1. The summed E-state index contributed by atoms with van der Waals surface area (Å²) in [6.45, 7) is 0.938. The van der Waals surface area contributed by atoms with Crippen LogP contribution in [0, 0.1) is 0 Å². The summed E-state index contributed by atoms with van der Waals surface area (Å²) in [7, 11) is -3.48. The lowest BCUT2D eigenvalue weighted by atomic mass is 10.0. The zero-order valence-electron chi connectivity index (χ0n) is 15.1. The van der Waals surface area contributed by atoms with Crippen molar-refractivity contribution in [2.75, 3.05) is 19.3 Å². The van der Waals surface area contributed by atoms with Crippen LogP contribution in [0.1, 0.15) is 33.6 Å². The van der Waals surface area contributed by atoms with E-state index >= 15 is 0 Å². The number of hydrogen-bond donors (Lipinski definition) is 1. The van der Waals surface area contributed by atoms with Crippen LogP contribution in [-0.2, 0) is 9.84 Å². The molecule has 6 nitrogen and oxygen atoms in total. The van der Waals surface area contributed by atoms with Gasteiger partial charge in [0.2, 0.25) is 0 Å². The van der Waals surface area contributed by atoms with Crippen molar-refractivity contribution >= 4 is 21.7 Å². The fraction of sp³-hybridized carbons (Fsp3) is 0.300. The number of rotatable bonds is 4. The van der Waals surface area contributed by atoms with Crippen LogP contribution in [0.15, 0.2) is 59.5 Å². The molecule has 1 heterocycles. The first-order valence-corrected chi connectivity index (χ1v) is 10.7. The van der Waals surface area contributed by atoms with Gasteiger partial charge in [0.1, 0.15) is 0 Å². The van der Waals surface area contributed by atoms with Crippen LogP contribution in [0.2, 0.25) is 0 Å². The molecule has 0 unspecified atom stereocenters. The van der Waals surface area contributed by atoms with E-state index in [-0.39, 0.29) is 28.3 Å². The molecule has 0 radical (unpaired) electrons. The van der Waals surface area contributed by atoms with E-state index in [1.165, 1.54) is 6.07 Å². The Morgan fingerprint density at radius 1 is 0.963 bits per heavy atom. The molecule has 2 aromatic rings. The van der Waals surface area contributed by atoms with Crippen LogP contribution < -0.4 is 5.32 Å². The van der Waals surface area contributed by atoms with Gasteiger partial charge < -0.3 is 10.2 Å². The van der Waals surface area contributed by atoms with E-state index in [0.717, 1.165) is 6.26 Å². The highest BCUT2D eigenvalue weighted by Gasteiger charge is 2.27. The maximum Gasteiger partial charge on any atom is 0.255 e. The van der Waals surface area contributed by atoms with E-state index in [2.05, 4.69) is 5.32 Å². The van der Waals surface area contributed by atoms with E-state index in [1.807, 2.05) is 18.2 Å². The molecule has 0 aliphatic carbocycles. The molecule has 3 rings (SSSR count). The third kappa shape index (κ3) is 4.54. The van der Waals surface area contributed by atoms with Gasteiger partial charge in [0.25, 0.3) is 11.8 Å². The number of nitrogens with one attached hydrogen (secondary N) is 1. The van der Waals surface area contributed by atoms with Crippen LogP contribution >= 0.6 is 0 Å². The molecule has 142 valence electrons. The second kappa shape index (κ2) is 7.92. The van der Waals surface area contributed by atoms with E-state index in [4.69, 9.17) is 0 Å². The van der Waals surface area contributed by atoms with Crippen molar-refractivity contribution in [1.82, 2.24) is 10.2 Å². The summed E-state index contributed by atoms with van der Waals surface area (Å²) in [6, 6.07) is 15.3. The smallest absolute Gasteiger partial charge is 0.255 e. The van der Waals surface area contributed by atoms with Crippen LogP contribution in [-0.4, -0.2) is 50.5 Å². The number of carbonyl (C=O) groups excluding carboxylic acids is 2. The molecule has 1 N–H and O–H groups in total. The topological polar surface area (TPSA) is 83.6 Å². The Hall–Kier alpha value is -2.67. The average molecular weight is 386 g/mol. The summed E-state index contributed by atoms with van der Waals surface area (Å²) in [5.41, 5.74) is 0.810. The molecule has 27 heavy (non-hydrogen) atoms. The first-order chi connectivity index (χ1) is 12.9. The molecule has 0 spiro atoms. The minimum Gasteiger partial charge on any atom is -0.349 e. The standard InChI is InChI=1S/C20H22N2O4S/c1-27(25,26)18-10-6-5-9-17(18)20(24)22-13-11-16(12-14-22)21-19(23)15-7-3-2-4-8-15/h2-10,16H,11-14H2,1H3,(H,21,23). The predicted molar refractivity (Wildman–Crippen MR) is 102 cm³/mol. The monoisotopic (exact) mass is 386 g/mol. The van der Waals surface area contributed by atoms with Gasteiger partial charge in [-0.05, 0) is 37.1 Å². The maximum absolute atomic E-state index is 12.8. The third-order valence-corrected chi connectivity index (χ3v) is 5.83. The maximum atomic E-state index is 12.8. The van der Waals surface area contributed by atoms with Crippen molar-refractivity contribution < 1.29 is 18.0 Å². The Bertz CT molecular complexity index is 933. The molecular weight excluding hydrogens is 364 g/mol. The molecule has 0 saturated carbocycles. The number of amides is 2. The van der Waals surface area contributed by atoms with Crippen molar-refractivity contribution in [3.8, 4) is 0 Å². The Kier molecular flexibility index (Phi) is 5.60. The summed E-state index contributed by atoms with van der Waals surface area (Å²) >= 11 is 0. The van der Waals surface area contributed by atoms with Crippen LogP contribution in [0.4, 0.5) is 0 Å². The molecule has 1 fully saturated rings. The average Bonchev–Trinajstić information content (AvgIpc) is 2.68. The number of hydrogen-bond acceptors (Lipinski definition) is 4. The number of piperidine rings is 1. The number of benzene rings is 2. The quantitative estimate of drug-likeness (QED) is 0.872. The first-order valence-electron chi connectivity index (χ1n) is 8.80. The zero-order chi connectivity index (χ0) is 19.4. The highest BCUT2D eigenvalue weighted by molar-refractivity contribution is 7.90. The molecule has 0 aromatic heterocycles. The molecule has 2 amide bonds. The van der Waals surface area contributed by atoms with Crippen molar-refractivity contribution in [3.05, 3.63) is 65.7 Å². The van der Waals surface area contributed by atoms with Gasteiger partial charge in [-0.25, -0.2) is 8.42 Å². The summed E-state index contributed by atoms with van der Waals surface area (Å²) in [5, 5.41) is 3.00. The van der Waals surface area contributed by atoms with Crippen LogP contribution in [0.25, 0.3) is 0 Å². The molecule has 1 aliphatic rings. The van der Waals surface area contributed by atoms with Crippen molar-refractivity contribution in [2.24, 2.45) is 0 Å². The van der Waals surface area contributed by atoms with Crippen molar-refractivity contribution in [3.63, 3.8) is 0 Å². The van der Waals surface area contributed by atoms with Crippen molar-refractivity contribution in [1.29, 1.82) is 0 Å². The zero-order valence-corrected chi connectivity index (χ0v) is 15.9. The Morgan fingerprint density at radius 3 is 2.19 bits per heavy atom. The lowest BCUT2D eigenvalue weighted by Crippen LogP contribution is -2.46. The third-order valence-electron chi connectivity index (χ3n) is 4.67. The first kappa shape index (κ1) is 19.1. The summed E-state index contributed by atoms with van der Waals surface area (Å²) in [4.78, 5) is 26.7. The molecule has 2 aromatic carbocycles. The number of sulfone groups is 1. The Balaban J connectivity index is 1.63. The molecule has 0 bridgehead atoms. The Morgan fingerprint density at radius 2 is 1.56 bits per heavy atom. The van der Waals surface area contributed by atoms with Gasteiger partial charge in [-0.1, -0.05) is 30.3 Å². The number of nitrogens with zero attached hydrogens (tertiary/aromatic N) is 1. The van der Waals surface area contributed by atoms with Gasteiger partial charge in [0, 0.05) is 31.0 Å². The lowest BCUT2D eigenvalue weighted by molar-refractivity contribution is 0.0694. The van der Waals surface area contributed by atoms with Gasteiger partial charge in [-0.2, -0.15) is 0 Å². The number of carbonyl (C=O) groups is 2.